The predicted octanol–water partition coefficient (Wildman–Crippen LogP) is 5.45. The third-order valence-electron chi connectivity index (χ3n) is 6.17. The molecule has 3 rings (SSSR count). The van der Waals surface area contributed by atoms with Crippen molar-refractivity contribution in [1.82, 2.24) is 10.2 Å². The van der Waals surface area contributed by atoms with E-state index in [1.807, 2.05) is 20.8 Å². The summed E-state index contributed by atoms with van der Waals surface area (Å²) in [7, 11) is -2.79. The van der Waals surface area contributed by atoms with Gasteiger partial charge in [0.25, 0.3) is 10.0 Å². The van der Waals surface area contributed by atoms with Crippen LogP contribution in [0.1, 0.15) is 31.9 Å². The Labute approximate surface area is 245 Å². The van der Waals surface area contributed by atoms with Crippen LogP contribution in [0, 0.1) is 6.92 Å². The van der Waals surface area contributed by atoms with Gasteiger partial charge in [0.2, 0.25) is 11.8 Å². The van der Waals surface area contributed by atoms with E-state index in [4.69, 9.17) is 27.9 Å². The molecule has 0 aromatic heterocycles. The predicted molar refractivity (Wildman–Crippen MR) is 158 cm³/mol. The highest BCUT2D eigenvalue weighted by Gasteiger charge is 2.34. The van der Waals surface area contributed by atoms with Gasteiger partial charge in [-0.25, -0.2) is 8.42 Å². The van der Waals surface area contributed by atoms with Crippen LogP contribution in [0.15, 0.2) is 71.6 Å². The number of hydrogen-bond acceptors (Lipinski definition) is 5. The van der Waals surface area contributed by atoms with E-state index in [9.17, 15) is 18.0 Å². The molecule has 8 nitrogen and oxygen atoms in total. The smallest absolute Gasteiger partial charge is 0.264 e. The van der Waals surface area contributed by atoms with Crippen LogP contribution in [0.2, 0.25) is 10.0 Å². The SMILES string of the molecule is COc1ccc(C)cc1N(CC(=O)N(Cc1ccc(Cl)cc1Cl)[C@H](C)C(=O)NC(C)C)S(=O)(=O)c1ccccc1. The number of carbonyl (C=O) groups excluding carboxylic acids is 2. The molecule has 0 heterocycles. The second-order valence-corrected chi connectivity index (χ2v) is 12.3. The van der Waals surface area contributed by atoms with Crippen LogP contribution in [0.4, 0.5) is 5.69 Å². The minimum absolute atomic E-state index is 0.00394. The van der Waals surface area contributed by atoms with Crippen molar-refractivity contribution in [2.24, 2.45) is 0 Å². The first-order chi connectivity index (χ1) is 18.8. The molecule has 0 bridgehead atoms. The van der Waals surface area contributed by atoms with E-state index in [0.29, 0.717) is 15.6 Å². The standard InChI is InChI=1S/C29H33Cl2N3O5S/c1-19(2)32-29(36)21(4)33(17-22-12-13-23(30)16-25(22)31)28(35)18-34(26-15-20(3)11-14-27(26)39-5)40(37,38)24-9-7-6-8-10-24/h6-16,19,21H,17-18H2,1-5H3,(H,32,36)/t21-/m1/s1. The minimum Gasteiger partial charge on any atom is -0.495 e. The number of aryl methyl sites for hydroxylation is 1. The van der Waals surface area contributed by atoms with Crippen LogP contribution in [0.5, 0.6) is 5.75 Å². The summed E-state index contributed by atoms with van der Waals surface area (Å²) < 4.78 is 34.4. The Hall–Kier alpha value is -3.27. The van der Waals surface area contributed by atoms with Gasteiger partial charge < -0.3 is 15.0 Å². The molecule has 0 aliphatic heterocycles. The molecule has 0 saturated heterocycles. The Bertz CT molecular complexity index is 1470. The summed E-state index contributed by atoms with van der Waals surface area (Å²) in [6.07, 6.45) is 0. The fourth-order valence-electron chi connectivity index (χ4n) is 4.05. The van der Waals surface area contributed by atoms with Gasteiger partial charge in [0.15, 0.2) is 0 Å². The molecule has 0 radical (unpaired) electrons. The summed E-state index contributed by atoms with van der Waals surface area (Å²) in [5.74, 6) is -0.727. The third kappa shape index (κ3) is 7.47. The van der Waals surface area contributed by atoms with Gasteiger partial charge >= 0.3 is 0 Å². The molecule has 3 aromatic rings. The van der Waals surface area contributed by atoms with Crippen molar-refractivity contribution in [3.8, 4) is 5.75 Å². The van der Waals surface area contributed by atoms with Crippen molar-refractivity contribution in [3.05, 3.63) is 87.9 Å². The van der Waals surface area contributed by atoms with E-state index in [2.05, 4.69) is 5.32 Å². The maximum absolute atomic E-state index is 14.0. The lowest BCUT2D eigenvalue weighted by molar-refractivity contribution is -0.139. The average Bonchev–Trinajstić information content (AvgIpc) is 2.90. The van der Waals surface area contributed by atoms with Gasteiger partial charge in [0.05, 0.1) is 17.7 Å². The topological polar surface area (TPSA) is 96.0 Å². The van der Waals surface area contributed by atoms with Gasteiger partial charge in [-0.1, -0.05) is 53.5 Å². The molecular weight excluding hydrogens is 573 g/mol. The molecule has 1 atom stereocenters. The van der Waals surface area contributed by atoms with Gasteiger partial charge in [0.1, 0.15) is 18.3 Å². The van der Waals surface area contributed by atoms with E-state index in [1.165, 1.54) is 24.1 Å². The molecule has 0 fully saturated rings. The van der Waals surface area contributed by atoms with Crippen LogP contribution in [0.3, 0.4) is 0 Å². The first-order valence-corrected chi connectivity index (χ1v) is 14.8. The molecule has 2 amide bonds. The number of rotatable bonds is 11. The van der Waals surface area contributed by atoms with Crippen molar-refractivity contribution in [2.45, 2.75) is 51.2 Å². The number of nitrogens with zero attached hydrogens (tertiary/aromatic N) is 2. The number of halogens is 2. The van der Waals surface area contributed by atoms with E-state index < -0.39 is 28.5 Å². The van der Waals surface area contributed by atoms with Gasteiger partial charge in [-0.3, -0.25) is 13.9 Å². The summed E-state index contributed by atoms with van der Waals surface area (Å²) >= 11 is 12.5. The average molecular weight is 607 g/mol. The lowest BCUT2D eigenvalue weighted by atomic mass is 10.1. The quantitative estimate of drug-likeness (QED) is 0.313. The number of anilines is 1. The third-order valence-corrected chi connectivity index (χ3v) is 8.53. The number of carbonyl (C=O) groups is 2. The number of ether oxygens (including phenoxy) is 1. The second-order valence-electron chi connectivity index (χ2n) is 9.60. The highest BCUT2D eigenvalue weighted by Crippen LogP contribution is 2.34. The zero-order valence-electron chi connectivity index (χ0n) is 23.0. The highest BCUT2D eigenvalue weighted by atomic mass is 35.5. The lowest BCUT2D eigenvalue weighted by Gasteiger charge is -2.33. The Morgan fingerprint density at radius 2 is 1.65 bits per heavy atom. The number of benzene rings is 3. The monoisotopic (exact) mass is 605 g/mol. The molecule has 0 unspecified atom stereocenters. The fourth-order valence-corrected chi connectivity index (χ4v) is 5.95. The van der Waals surface area contributed by atoms with Gasteiger partial charge in [-0.15, -0.1) is 0 Å². The molecule has 0 saturated carbocycles. The second kappa shape index (κ2) is 13.4. The van der Waals surface area contributed by atoms with E-state index in [-0.39, 0.29) is 34.8 Å². The maximum atomic E-state index is 14.0. The zero-order chi connectivity index (χ0) is 29.6. The summed E-state index contributed by atoms with van der Waals surface area (Å²) in [6.45, 7) is 6.37. The van der Waals surface area contributed by atoms with E-state index in [0.717, 1.165) is 9.87 Å². The highest BCUT2D eigenvalue weighted by molar-refractivity contribution is 7.92. The molecule has 1 N–H and O–H groups in total. The van der Waals surface area contributed by atoms with Gasteiger partial charge in [-0.05, 0) is 75.2 Å². The van der Waals surface area contributed by atoms with Crippen molar-refractivity contribution in [1.29, 1.82) is 0 Å². The summed E-state index contributed by atoms with van der Waals surface area (Å²) in [5.41, 5.74) is 1.52. The Kier molecular flexibility index (Phi) is 10.5. The first kappa shape index (κ1) is 31.3. The van der Waals surface area contributed by atoms with E-state index >= 15 is 0 Å². The molecule has 0 spiro atoms. The molecule has 40 heavy (non-hydrogen) atoms. The Morgan fingerprint density at radius 1 is 0.975 bits per heavy atom. The summed E-state index contributed by atoms with van der Waals surface area (Å²) in [4.78, 5) is 28.4. The van der Waals surface area contributed by atoms with E-state index in [1.54, 1.807) is 61.5 Å². The van der Waals surface area contributed by atoms with Crippen LogP contribution < -0.4 is 14.4 Å². The van der Waals surface area contributed by atoms with Crippen LogP contribution >= 0.6 is 23.2 Å². The maximum Gasteiger partial charge on any atom is 0.264 e. The molecule has 11 heteroatoms. The van der Waals surface area contributed by atoms with Crippen molar-refractivity contribution in [3.63, 3.8) is 0 Å². The number of amides is 2. The minimum atomic E-state index is -4.22. The molecule has 0 aliphatic rings. The molecule has 3 aromatic carbocycles. The largest absolute Gasteiger partial charge is 0.495 e. The number of methoxy groups -OCH3 is 1. The Morgan fingerprint density at radius 3 is 2.25 bits per heavy atom. The number of sulfonamides is 1. The fraction of sp³-hybridized carbons (Fsp3) is 0.310. The molecule has 214 valence electrons. The van der Waals surface area contributed by atoms with Crippen molar-refractivity contribution >= 4 is 50.7 Å². The van der Waals surface area contributed by atoms with Crippen molar-refractivity contribution < 1.29 is 22.7 Å². The summed E-state index contributed by atoms with van der Waals surface area (Å²) in [5, 5.41) is 3.55. The number of nitrogens with one attached hydrogen (secondary N) is 1. The van der Waals surface area contributed by atoms with Gasteiger partial charge in [-0.2, -0.15) is 0 Å². The number of hydrogen-bond donors (Lipinski definition) is 1. The van der Waals surface area contributed by atoms with Crippen molar-refractivity contribution in [2.75, 3.05) is 18.0 Å². The van der Waals surface area contributed by atoms with Crippen LogP contribution in [-0.2, 0) is 26.2 Å². The Balaban J connectivity index is 2.11. The lowest BCUT2D eigenvalue weighted by Crippen LogP contribution is -2.52. The summed E-state index contributed by atoms with van der Waals surface area (Å²) in [6, 6.07) is 16.6. The normalized spacial score (nSPS) is 12.1. The van der Waals surface area contributed by atoms with Crippen LogP contribution in [0.25, 0.3) is 0 Å². The first-order valence-electron chi connectivity index (χ1n) is 12.6. The molecular formula is C29H33Cl2N3O5S. The van der Waals surface area contributed by atoms with Crippen LogP contribution in [-0.4, -0.2) is 50.9 Å². The van der Waals surface area contributed by atoms with Gasteiger partial charge in [0, 0.05) is 22.6 Å². The zero-order valence-corrected chi connectivity index (χ0v) is 25.3. The molecule has 0 aliphatic carbocycles.